The summed E-state index contributed by atoms with van der Waals surface area (Å²) in [5, 5.41) is 9.60. The summed E-state index contributed by atoms with van der Waals surface area (Å²) in [6, 6.07) is 16.2. The molecule has 1 N–H and O–H groups in total. The number of carbonyl (C=O) groups excluding carboxylic acids is 2. The zero-order chi connectivity index (χ0) is 20.6. The molecule has 0 aromatic heterocycles. The van der Waals surface area contributed by atoms with Crippen LogP contribution in [0.5, 0.6) is 0 Å². The average Bonchev–Trinajstić information content (AvgIpc) is 3.26. The number of likely N-dealkylation sites (tertiary alicyclic amines) is 1. The van der Waals surface area contributed by atoms with Crippen LogP contribution in [0.4, 0.5) is 4.79 Å². The van der Waals surface area contributed by atoms with Gasteiger partial charge in [-0.1, -0.05) is 48.5 Å². The molecule has 1 saturated heterocycles. The van der Waals surface area contributed by atoms with Gasteiger partial charge in [-0.3, -0.25) is 9.59 Å². The lowest BCUT2D eigenvalue weighted by molar-refractivity contribution is -0.150. The van der Waals surface area contributed by atoms with Gasteiger partial charge in [0.25, 0.3) is 0 Å². The zero-order valence-electron chi connectivity index (χ0n) is 16.3. The zero-order valence-corrected chi connectivity index (χ0v) is 16.3. The molecule has 150 valence electrons. The van der Waals surface area contributed by atoms with E-state index in [1.807, 2.05) is 36.4 Å². The van der Waals surface area contributed by atoms with E-state index in [4.69, 9.17) is 4.74 Å². The summed E-state index contributed by atoms with van der Waals surface area (Å²) in [5.74, 6) is -1.28. The predicted molar refractivity (Wildman–Crippen MR) is 107 cm³/mol. The van der Waals surface area contributed by atoms with Crippen molar-refractivity contribution in [2.45, 2.75) is 25.7 Å². The number of fused-ring (bicyclic) bond motifs is 3. The smallest absolute Gasteiger partial charge is 0.409 e. The minimum Gasteiger partial charge on any atom is -0.481 e. The first-order valence-corrected chi connectivity index (χ1v) is 9.74. The Hall–Kier alpha value is -3.15. The summed E-state index contributed by atoms with van der Waals surface area (Å²) in [6.07, 6.45) is -0.347. The van der Waals surface area contributed by atoms with Crippen molar-refractivity contribution in [1.29, 1.82) is 0 Å². The lowest BCUT2D eigenvalue weighted by atomic mass is 9.82. The molecule has 6 nitrogen and oxygen atoms in total. The molecule has 2 aromatic rings. The van der Waals surface area contributed by atoms with E-state index >= 15 is 0 Å². The lowest BCUT2D eigenvalue weighted by Gasteiger charge is -2.24. The minimum atomic E-state index is -1.21. The van der Waals surface area contributed by atoms with Crippen LogP contribution in [0, 0.1) is 5.41 Å². The number of amides is 1. The number of nitrogens with zero attached hydrogens (tertiary/aromatic N) is 1. The molecule has 0 saturated carbocycles. The maximum absolute atomic E-state index is 12.6. The lowest BCUT2D eigenvalue weighted by Crippen LogP contribution is -2.38. The number of ketones is 1. The van der Waals surface area contributed by atoms with Gasteiger partial charge in [0.05, 0.1) is 5.41 Å². The van der Waals surface area contributed by atoms with Crippen LogP contribution in [0.3, 0.4) is 0 Å². The molecule has 0 radical (unpaired) electrons. The fourth-order valence-corrected chi connectivity index (χ4v) is 4.58. The second kappa shape index (κ2) is 7.35. The highest BCUT2D eigenvalue weighted by Crippen LogP contribution is 2.44. The highest BCUT2D eigenvalue weighted by Gasteiger charge is 2.47. The number of carboxylic acids is 1. The molecule has 29 heavy (non-hydrogen) atoms. The molecule has 2 aliphatic rings. The summed E-state index contributed by atoms with van der Waals surface area (Å²) in [4.78, 5) is 37.3. The molecule has 1 fully saturated rings. The first-order valence-electron chi connectivity index (χ1n) is 9.74. The summed E-state index contributed by atoms with van der Waals surface area (Å²) >= 11 is 0. The van der Waals surface area contributed by atoms with Crippen molar-refractivity contribution in [2.24, 2.45) is 5.41 Å². The third kappa shape index (κ3) is 3.39. The predicted octanol–water partition coefficient (Wildman–Crippen LogP) is 3.69. The van der Waals surface area contributed by atoms with Crippen LogP contribution < -0.4 is 0 Å². The van der Waals surface area contributed by atoms with Gasteiger partial charge < -0.3 is 14.7 Å². The second-order valence-corrected chi connectivity index (χ2v) is 7.94. The molecule has 6 heteroatoms. The van der Waals surface area contributed by atoms with Crippen LogP contribution in [0.15, 0.2) is 48.5 Å². The van der Waals surface area contributed by atoms with E-state index in [0.717, 1.165) is 22.3 Å². The van der Waals surface area contributed by atoms with Crippen molar-refractivity contribution in [1.82, 2.24) is 4.90 Å². The van der Waals surface area contributed by atoms with E-state index in [9.17, 15) is 19.5 Å². The molecular formula is C23H23NO5. The first kappa shape index (κ1) is 19.2. The van der Waals surface area contributed by atoms with Gasteiger partial charge in [0.2, 0.25) is 0 Å². The van der Waals surface area contributed by atoms with Gasteiger partial charge in [-0.15, -0.1) is 0 Å². The standard InChI is InChI=1S/C23H23NO5/c1-15(25)12-23(21(26)27)10-11-24(14-23)22(28)29-13-20-18-8-4-2-6-16(18)17-7-3-5-9-19(17)20/h2-9,20H,10-14H2,1H3,(H,26,27). The Labute approximate surface area is 169 Å². The largest absolute Gasteiger partial charge is 0.481 e. The van der Waals surface area contributed by atoms with Crippen molar-refractivity contribution in [3.63, 3.8) is 0 Å². The second-order valence-electron chi connectivity index (χ2n) is 7.94. The van der Waals surface area contributed by atoms with Crippen molar-refractivity contribution in [3.8, 4) is 11.1 Å². The van der Waals surface area contributed by atoms with Gasteiger partial charge >= 0.3 is 12.1 Å². The minimum absolute atomic E-state index is 0.00140. The van der Waals surface area contributed by atoms with E-state index in [2.05, 4.69) is 12.1 Å². The molecular weight excluding hydrogens is 370 g/mol. The maximum Gasteiger partial charge on any atom is 0.409 e. The molecule has 1 heterocycles. The number of benzene rings is 2. The molecule has 1 atom stereocenters. The summed E-state index contributed by atoms with van der Waals surface area (Å²) < 4.78 is 5.61. The molecule has 1 aliphatic carbocycles. The molecule has 1 aliphatic heterocycles. The van der Waals surface area contributed by atoms with Gasteiger partial charge in [0.15, 0.2) is 0 Å². The van der Waals surface area contributed by atoms with Gasteiger partial charge in [-0.25, -0.2) is 4.79 Å². The Morgan fingerprint density at radius 3 is 2.21 bits per heavy atom. The molecule has 1 unspecified atom stereocenters. The Balaban J connectivity index is 1.47. The van der Waals surface area contributed by atoms with E-state index < -0.39 is 17.5 Å². The molecule has 1 amide bonds. The van der Waals surface area contributed by atoms with Crippen molar-refractivity contribution < 1.29 is 24.2 Å². The number of ether oxygens (including phenoxy) is 1. The first-order chi connectivity index (χ1) is 13.9. The molecule has 0 bridgehead atoms. The van der Waals surface area contributed by atoms with Gasteiger partial charge in [-0.2, -0.15) is 0 Å². The Kier molecular flexibility index (Phi) is 4.86. The van der Waals surface area contributed by atoms with Gasteiger partial charge in [0, 0.05) is 25.4 Å². The number of carbonyl (C=O) groups is 3. The van der Waals surface area contributed by atoms with E-state index in [-0.39, 0.29) is 44.2 Å². The molecule has 2 aromatic carbocycles. The monoisotopic (exact) mass is 393 g/mol. The number of rotatable bonds is 5. The van der Waals surface area contributed by atoms with Crippen LogP contribution >= 0.6 is 0 Å². The summed E-state index contributed by atoms with van der Waals surface area (Å²) in [6.45, 7) is 1.84. The van der Waals surface area contributed by atoms with Crippen LogP contribution in [-0.2, 0) is 14.3 Å². The van der Waals surface area contributed by atoms with Crippen LogP contribution in [-0.4, -0.2) is 47.5 Å². The van der Waals surface area contributed by atoms with Crippen LogP contribution in [0.25, 0.3) is 11.1 Å². The van der Waals surface area contributed by atoms with Crippen molar-refractivity contribution in [2.75, 3.05) is 19.7 Å². The van der Waals surface area contributed by atoms with E-state index in [0.29, 0.717) is 0 Å². The molecule has 4 rings (SSSR count). The number of aliphatic carboxylic acids is 1. The van der Waals surface area contributed by atoms with Crippen LogP contribution in [0.2, 0.25) is 0 Å². The summed E-state index contributed by atoms with van der Waals surface area (Å²) in [7, 11) is 0. The number of carboxylic acid groups (broad SMARTS) is 1. The fraction of sp³-hybridized carbons (Fsp3) is 0.348. The quantitative estimate of drug-likeness (QED) is 0.838. The number of hydrogen-bond donors (Lipinski definition) is 1. The third-order valence-electron chi connectivity index (χ3n) is 5.99. The van der Waals surface area contributed by atoms with Crippen molar-refractivity contribution >= 4 is 17.8 Å². The fourth-order valence-electron chi connectivity index (χ4n) is 4.58. The highest BCUT2D eigenvalue weighted by molar-refractivity contribution is 5.86. The Morgan fingerprint density at radius 1 is 1.07 bits per heavy atom. The van der Waals surface area contributed by atoms with Crippen LogP contribution in [0.1, 0.15) is 36.8 Å². The Bertz CT molecular complexity index is 939. The van der Waals surface area contributed by atoms with E-state index in [1.54, 1.807) is 0 Å². The topological polar surface area (TPSA) is 83.9 Å². The number of hydrogen-bond acceptors (Lipinski definition) is 4. The van der Waals surface area contributed by atoms with E-state index in [1.165, 1.54) is 11.8 Å². The third-order valence-corrected chi connectivity index (χ3v) is 5.99. The highest BCUT2D eigenvalue weighted by atomic mass is 16.6. The van der Waals surface area contributed by atoms with Crippen molar-refractivity contribution in [3.05, 3.63) is 59.7 Å². The normalized spacial score (nSPS) is 20.2. The number of Topliss-reactive ketones (excluding diaryl/α,β-unsaturated/α-hetero) is 1. The Morgan fingerprint density at radius 2 is 1.66 bits per heavy atom. The average molecular weight is 393 g/mol. The summed E-state index contributed by atoms with van der Waals surface area (Å²) in [5.41, 5.74) is 3.34. The van der Waals surface area contributed by atoms with Gasteiger partial charge in [0.1, 0.15) is 12.4 Å². The SMILES string of the molecule is CC(=O)CC1(C(=O)O)CCN(C(=O)OCC2c3ccccc3-c3ccccc32)C1. The van der Waals surface area contributed by atoms with Gasteiger partial charge in [-0.05, 0) is 35.6 Å². The molecule has 0 spiro atoms. The maximum atomic E-state index is 12.6.